The molecule has 0 unspecified atom stereocenters. The first-order valence-corrected chi connectivity index (χ1v) is 12.3. The molecule has 38 heavy (non-hydrogen) atoms. The van der Waals surface area contributed by atoms with E-state index >= 15 is 0 Å². The van der Waals surface area contributed by atoms with Crippen molar-refractivity contribution in [1.82, 2.24) is 35.1 Å². The first-order chi connectivity index (χ1) is 18.3. The number of rotatable bonds is 5. The van der Waals surface area contributed by atoms with Crippen molar-refractivity contribution in [2.45, 2.75) is 27.2 Å². The van der Waals surface area contributed by atoms with Gasteiger partial charge in [-0.3, -0.25) is 24.8 Å². The Morgan fingerprint density at radius 2 is 1.68 bits per heavy atom. The Kier molecular flexibility index (Phi) is 5.68. The van der Waals surface area contributed by atoms with Crippen LogP contribution >= 0.6 is 0 Å². The zero-order valence-corrected chi connectivity index (χ0v) is 21.3. The van der Waals surface area contributed by atoms with E-state index in [2.05, 4.69) is 46.5 Å². The Balaban J connectivity index is 1.36. The minimum absolute atomic E-state index is 0.0402. The van der Waals surface area contributed by atoms with Crippen molar-refractivity contribution < 1.29 is 4.79 Å². The molecule has 0 aromatic carbocycles. The van der Waals surface area contributed by atoms with Gasteiger partial charge in [0.25, 0.3) is 0 Å². The van der Waals surface area contributed by atoms with E-state index in [1.54, 1.807) is 37.2 Å². The fraction of sp³-hybridized carbons (Fsp3) is 0.172. The second kappa shape index (κ2) is 9.19. The number of anilines is 1. The van der Waals surface area contributed by atoms with E-state index in [9.17, 15) is 4.79 Å². The Morgan fingerprint density at radius 3 is 2.50 bits per heavy atom. The maximum atomic E-state index is 12.4. The van der Waals surface area contributed by atoms with E-state index in [1.807, 2.05) is 51.1 Å². The van der Waals surface area contributed by atoms with Gasteiger partial charge in [-0.2, -0.15) is 5.10 Å². The number of hydrogen-bond donors (Lipinski definition) is 3. The molecule has 9 heteroatoms. The van der Waals surface area contributed by atoms with E-state index in [0.29, 0.717) is 17.8 Å². The summed E-state index contributed by atoms with van der Waals surface area (Å²) in [6.45, 7) is 6.11. The number of carbonyl (C=O) groups is 1. The molecule has 3 N–H and O–H groups in total. The van der Waals surface area contributed by atoms with Gasteiger partial charge in [0.2, 0.25) is 5.91 Å². The topological polar surface area (TPSA) is 125 Å². The molecule has 0 aliphatic rings. The number of pyridine rings is 4. The zero-order chi connectivity index (χ0) is 26.3. The first kappa shape index (κ1) is 23.5. The molecule has 6 heterocycles. The molecule has 6 aromatic heterocycles. The summed E-state index contributed by atoms with van der Waals surface area (Å²) >= 11 is 0. The molecule has 0 spiro atoms. The standard InChI is InChI=1S/C29H26N8O/c1-29(2,3)13-25(38)34-20-10-18(14-31-16-20)19-11-22-27(36-37-28(22)33-15-19)24-12-21-23(35-24)6-9-32-26(21)17-4-7-30-8-5-17/h4-12,14-16,35H,13H2,1-3H3,(H,34,38)(H,33,36,37). The number of amides is 1. The zero-order valence-electron chi connectivity index (χ0n) is 21.3. The van der Waals surface area contributed by atoms with Crippen molar-refractivity contribution in [1.29, 1.82) is 0 Å². The van der Waals surface area contributed by atoms with Gasteiger partial charge in [-0.15, -0.1) is 0 Å². The van der Waals surface area contributed by atoms with E-state index in [-0.39, 0.29) is 11.3 Å². The van der Waals surface area contributed by atoms with Crippen LogP contribution in [0.3, 0.4) is 0 Å². The Morgan fingerprint density at radius 1 is 0.868 bits per heavy atom. The normalized spacial score (nSPS) is 11.8. The van der Waals surface area contributed by atoms with Gasteiger partial charge in [-0.1, -0.05) is 20.8 Å². The molecule has 0 aliphatic heterocycles. The third-order valence-electron chi connectivity index (χ3n) is 6.23. The van der Waals surface area contributed by atoms with Gasteiger partial charge < -0.3 is 10.3 Å². The smallest absolute Gasteiger partial charge is 0.224 e. The summed E-state index contributed by atoms with van der Waals surface area (Å²) in [5, 5.41) is 12.4. The number of fused-ring (bicyclic) bond motifs is 2. The van der Waals surface area contributed by atoms with Crippen molar-refractivity contribution in [3.05, 3.63) is 73.6 Å². The highest BCUT2D eigenvalue weighted by Crippen LogP contribution is 2.34. The molecular formula is C29H26N8O. The molecule has 9 nitrogen and oxygen atoms in total. The van der Waals surface area contributed by atoms with Crippen molar-refractivity contribution >= 4 is 33.5 Å². The lowest BCUT2D eigenvalue weighted by Crippen LogP contribution is -2.19. The van der Waals surface area contributed by atoms with Crippen LogP contribution in [-0.2, 0) is 4.79 Å². The number of carbonyl (C=O) groups excluding carboxylic acids is 1. The van der Waals surface area contributed by atoms with Gasteiger partial charge in [0.05, 0.1) is 29.0 Å². The van der Waals surface area contributed by atoms with Crippen LogP contribution in [0.4, 0.5) is 5.69 Å². The predicted octanol–water partition coefficient (Wildman–Crippen LogP) is 6.00. The highest BCUT2D eigenvalue weighted by atomic mass is 16.1. The highest BCUT2D eigenvalue weighted by Gasteiger charge is 2.17. The second-order valence-corrected chi connectivity index (χ2v) is 10.5. The summed E-state index contributed by atoms with van der Waals surface area (Å²) in [4.78, 5) is 33.6. The average molecular weight is 503 g/mol. The molecule has 6 aromatic rings. The molecular weight excluding hydrogens is 476 g/mol. The summed E-state index contributed by atoms with van der Waals surface area (Å²) in [5.41, 5.74) is 7.43. The number of nitrogens with one attached hydrogen (secondary N) is 3. The second-order valence-electron chi connectivity index (χ2n) is 10.5. The summed E-state index contributed by atoms with van der Waals surface area (Å²) in [5.74, 6) is -0.0402. The van der Waals surface area contributed by atoms with E-state index < -0.39 is 0 Å². The third kappa shape index (κ3) is 4.61. The van der Waals surface area contributed by atoms with Crippen LogP contribution in [0.5, 0.6) is 0 Å². The van der Waals surface area contributed by atoms with E-state index in [4.69, 9.17) is 0 Å². The summed E-state index contributed by atoms with van der Waals surface area (Å²) in [7, 11) is 0. The molecule has 0 aliphatic carbocycles. The molecule has 1 amide bonds. The highest BCUT2D eigenvalue weighted by molar-refractivity contribution is 6.00. The lowest BCUT2D eigenvalue weighted by atomic mass is 9.92. The number of aromatic nitrogens is 7. The monoisotopic (exact) mass is 502 g/mol. The van der Waals surface area contributed by atoms with Crippen LogP contribution in [0.1, 0.15) is 27.2 Å². The number of H-pyrrole nitrogens is 2. The van der Waals surface area contributed by atoms with Crippen LogP contribution < -0.4 is 5.32 Å². The molecule has 0 saturated carbocycles. The maximum Gasteiger partial charge on any atom is 0.224 e. The number of aromatic amines is 2. The lowest BCUT2D eigenvalue weighted by Gasteiger charge is -2.17. The van der Waals surface area contributed by atoms with Gasteiger partial charge >= 0.3 is 0 Å². The quantitative estimate of drug-likeness (QED) is 0.265. The minimum atomic E-state index is -0.0977. The van der Waals surface area contributed by atoms with Crippen molar-refractivity contribution in [2.75, 3.05) is 5.32 Å². The van der Waals surface area contributed by atoms with Gasteiger partial charge in [0.15, 0.2) is 5.65 Å². The summed E-state index contributed by atoms with van der Waals surface area (Å²) in [6, 6.07) is 11.9. The maximum absolute atomic E-state index is 12.4. The largest absolute Gasteiger partial charge is 0.353 e. The summed E-state index contributed by atoms with van der Waals surface area (Å²) < 4.78 is 0. The molecule has 6 rings (SSSR count). The molecule has 0 atom stereocenters. The fourth-order valence-corrected chi connectivity index (χ4v) is 4.54. The van der Waals surface area contributed by atoms with Crippen molar-refractivity contribution in [2.24, 2.45) is 5.41 Å². The molecule has 0 bridgehead atoms. The number of nitrogens with zero attached hydrogens (tertiary/aromatic N) is 5. The average Bonchev–Trinajstić information content (AvgIpc) is 3.51. The van der Waals surface area contributed by atoms with Crippen molar-refractivity contribution in [3.8, 4) is 33.8 Å². The van der Waals surface area contributed by atoms with Crippen LogP contribution in [-0.4, -0.2) is 41.0 Å². The van der Waals surface area contributed by atoms with Gasteiger partial charge in [-0.05, 0) is 41.8 Å². The Labute approximate surface area is 218 Å². The first-order valence-electron chi connectivity index (χ1n) is 12.3. The fourth-order valence-electron chi connectivity index (χ4n) is 4.54. The molecule has 0 saturated heterocycles. The SMILES string of the molecule is CC(C)(C)CC(=O)Nc1cncc(-c2cnc3n[nH]c(-c4cc5c(-c6ccncc6)nccc5[nH]4)c3c2)c1. The van der Waals surface area contributed by atoms with Crippen molar-refractivity contribution in [3.63, 3.8) is 0 Å². The van der Waals surface area contributed by atoms with Gasteiger partial charge in [0.1, 0.15) is 0 Å². The summed E-state index contributed by atoms with van der Waals surface area (Å²) in [6.07, 6.45) is 10.9. The molecule has 188 valence electrons. The van der Waals surface area contributed by atoms with E-state index in [1.165, 1.54) is 0 Å². The van der Waals surface area contributed by atoms with Crippen LogP contribution in [0.15, 0.2) is 73.6 Å². The number of hydrogen-bond acceptors (Lipinski definition) is 6. The Bertz CT molecular complexity index is 1780. The van der Waals surface area contributed by atoms with Crippen LogP contribution in [0.25, 0.3) is 55.7 Å². The van der Waals surface area contributed by atoms with E-state index in [0.717, 1.165) is 50.1 Å². The lowest BCUT2D eigenvalue weighted by molar-refractivity contribution is -0.117. The van der Waals surface area contributed by atoms with Crippen LogP contribution in [0.2, 0.25) is 0 Å². The minimum Gasteiger partial charge on any atom is -0.353 e. The predicted molar refractivity (Wildman–Crippen MR) is 148 cm³/mol. The van der Waals surface area contributed by atoms with Gasteiger partial charge in [-0.25, -0.2) is 4.98 Å². The molecule has 0 fully saturated rings. The van der Waals surface area contributed by atoms with Crippen LogP contribution in [0, 0.1) is 5.41 Å². The third-order valence-corrected chi connectivity index (χ3v) is 6.23. The molecule has 0 radical (unpaired) electrons. The van der Waals surface area contributed by atoms with Gasteiger partial charge in [0, 0.05) is 70.4 Å². The Hall–Kier alpha value is -4.92.